The monoisotopic (exact) mass is 213 g/mol. The van der Waals surface area contributed by atoms with Crippen LogP contribution in [0.5, 0.6) is 0 Å². The second kappa shape index (κ2) is 6.49. The molecule has 2 heteroatoms. The number of nitrogens with zero attached hydrogens (tertiary/aromatic N) is 1. The predicted octanol–water partition coefficient (Wildman–Crippen LogP) is 2.80. The zero-order valence-electron chi connectivity index (χ0n) is 10.5. The maximum absolute atomic E-state index is 9.94. The molecule has 0 aromatic rings. The molecule has 0 aliphatic carbocycles. The highest BCUT2D eigenvalue weighted by Gasteiger charge is 2.27. The van der Waals surface area contributed by atoms with Crippen LogP contribution < -0.4 is 0 Å². The first-order valence-corrected chi connectivity index (χ1v) is 6.59. The summed E-state index contributed by atoms with van der Waals surface area (Å²) in [5.74, 6) is 0. The maximum Gasteiger partial charge on any atom is 0.0746 e. The molecule has 0 radical (unpaired) electrons. The molecule has 1 saturated heterocycles. The molecule has 0 spiro atoms. The molecule has 2 nitrogen and oxygen atoms in total. The van der Waals surface area contributed by atoms with Crippen LogP contribution in [0.25, 0.3) is 0 Å². The Labute approximate surface area is 94.7 Å². The molecule has 1 rings (SSSR count). The van der Waals surface area contributed by atoms with Gasteiger partial charge in [0.15, 0.2) is 0 Å². The summed E-state index contributed by atoms with van der Waals surface area (Å²) in [6.07, 6.45) is 8.85. The van der Waals surface area contributed by atoms with E-state index in [1.165, 1.54) is 45.2 Å². The molecule has 0 bridgehead atoms. The Morgan fingerprint density at radius 1 is 1.20 bits per heavy atom. The maximum atomic E-state index is 9.94. The Balaban J connectivity index is 2.05. The van der Waals surface area contributed by atoms with Crippen LogP contribution in [0.15, 0.2) is 0 Å². The van der Waals surface area contributed by atoms with Crippen LogP contribution in [0.1, 0.15) is 58.8 Å². The van der Waals surface area contributed by atoms with Crippen LogP contribution in [0.4, 0.5) is 0 Å². The van der Waals surface area contributed by atoms with Crippen molar-refractivity contribution in [1.29, 1.82) is 0 Å². The van der Waals surface area contributed by atoms with Gasteiger partial charge in [-0.1, -0.05) is 32.6 Å². The first-order valence-electron chi connectivity index (χ1n) is 6.59. The molecule has 0 aromatic carbocycles. The molecule has 1 aliphatic heterocycles. The second-order valence-electron chi connectivity index (χ2n) is 5.29. The molecule has 1 atom stereocenters. The van der Waals surface area contributed by atoms with E-state index in [0.717, 1.165) is 19.4 Å². The van der Waals surface area contributed by atoms with Crippen LogP contribution in [-0.2, 0) is 0 Å². The fraction of sp³-hybridized carbons (Fsp3) is 1.00. The molecule has 1 N–H and O–H groups in total. The quantitative estimate of drug-likeness (QED) is 0.686. The highest BCUT2D eigenvalue weighted by molar-refractivity contribution is 4.82. The van der Waals surface area contributed by atoms with Gasteiger partial charge in [-0.2, -0.15) is 0 Å². The van der Waals surface area contributed by atoms with E-state index in [0.29, 0.717) is 0 Å². The van der Waals surface area contributed by atoms with Gasteiger partial charge in [0.2, 0.25) is 0 Å². The van der Waals surface area contributed by atoms with Gasteiger partial charge in [-0.25, -0.2) is 0 Å². The van der Waals surface area contributed by atoms with Crippen molar-refractivity contribution in [2.45, 2.75) is 64.4 Å². The summed E-state index contributed by atoms with van der Waals surface area (Å²) in [5.41, 5.74) is -0.429. The van der Waals surface area contributed by atoms with Gasteiger partial charge in [-0.3, -0.25) is 0 Å². The topological polar surface area (TPSA) is 23.5 Å². The normalized spacial score (nSPS) is 28.2. The van der Waals surface area contributed by atoms with Gasteiger partial charge in [0.1, 0.15) is 0 Å². The summed E-state index contributed by atoms with van der Waals surface area (Å²) in [6.45, 7) is 7.46. The smallest absolute Gasteiger partial charge is 0.0746 e. The number of unbranched alkanes of at least 4 members (excludes halogenated alkanes) is 4. The lowest BCUT2D eigenvalue weighted by Crippen LogP contribution is -2.46. The van der Waals surface area contributed by atoms with Crippen molar-refractivity contribution in [2.24, 2.45) is 0 Å². The lowest BCUT2D eigenvalue weighted by molar-refractivity contribution is -0.0158. The van der Waals surface area contributed by atoms with E-state index in [9.17, 15) is 5.11 Å². The van der Waals surface area contributed by atoms with E-state index in [1.807, 2.05) is 6.92 Å². The molecule has 1 heterocycles. The van der Waals surface area contributed by atoms with Gasteiger partial charge in [0, 0.05) is 6.54 Å². The summed E-state index contributed by atoms with van der Waals surface area (Å²) in [5, 5.41) is 9.94. The minimum Gasteiger partial charge on any atom is -0.389 e. The van der Waals surface area contributed by atoms with Crippen LogP contribution in [0, 0.1) is 0 Å². The molecule has 90 valence electrons. The molecule has 0 saturated carbocycles. The summed E-state index contributed by atoms with van der Waals surface area (Å²) >= 11 is 0. The van der Waals surface area contributed by atoms with Crippen molar-refractivity contribution < 1.29 is 5.11 Å². The molecule has 1 unspecified atom stereocenters. The third-order valence-electron chi connectivity index (χ3n) is 3.33. The predicted molar refractivity (Wildman–Crippen MR) is 65.1 cm³/mol. The van der Waals surface area contributed by atoms with Crippen molar-refractivity contribution >= 4 is 0 Å². The fourth-order valence-electron chi connectivity index (χ4n) is 2.45. The van der Waals surface area contributed by atoms with E-state index in [4.69, 9.17) is 0 Å². The van der Waals surface area contributed by atoms with Gasteiger partial charge < -0.3 is 10.0 Å². The molecule has 0 amide bonds. The molecular formula is C13H27NO. The first-order chi connectivity index (χ1) is 7.14. The summed E-state index contributed by atoms with van der Waals surface area (Å²) in [6, 6.07) is 0. The van der Waals surface area contributed by atoms with Crippen molar-refractivity contribution in [2.75, 3.05) is 19.6 Å². The number of rotatable bonds is 6. The largest absolute Gasteiger partial charge is 0.389 e. The molecule has 1 aliphatic rings. The zero-order chi connectivity index (χ0) is 11.1. The van der Waals surface area contributed by atoms with E-state index in [2.05, 4.69) is 11.8 Å². The second-order valence-corrected chi connectivity index (χ2v) is 5.29. The average Bonchev–Trinajstić information content (AvgIpc) is 2.16. The Hall–Kier alpha value is -0.0800. The molecule has 0 aromatic heterocycles. The van der Waals surface area contributed by atoms with Crippen molar-refractivity contribution in [3.8, 4) is 0 Å². The van der Waals surface area contributed by atoms with Crippen LogP contribution in [0.2, 0.25) is 0 Å². The number of likely N-dealkylation sites (tertiary alicyclic amines) is 1. The Bertz CT molecular complexity index is 168. The number of aliphatic hydroxyl groups is 1. The Morgan fingerprint density at radius 2 is 1.93 bits per heavy atom. The van der Waals surface area contributed by atoms with Crippen molar-refractivity contribution in [3.05, 3.63) is 0 Å². The standard InChI is InChI=1S/C13H27NO/c1-3-4-5-6-7-10-14-11-8-9-13(2,15)12-14/h15H,3-12H2,1-2H3. The fourth-order valence-corrected chi connectivity index (χ4v) is 2.45. The van der Waals surface area contributed by atoms with Crippen LogP contribution in [0.3, 0.4) is 0 Å². The van der Waals surface area contributed by atoms with Crippen LogP contribution in [-0.4, -0.2) is 35.2 Å². The van der Waals surface area contributed by atoms with Gasteiger partial charge >= 0.3 is 0 Å². The summed E-state index contributed by atoms with van der Waals surface area (Å²) in [4.78, 5) is 2.43. The summed E-state index contributed by atoms with van der Waals surface area (Å²) < 4.78 is 0. The average molecular weight is 213 g/mol. The van der Waals surface area contributed by atoms with Gasteiger partial charge in [-0.05, 0) is 39.3 Å². The Morgan fingerprint density at radius 3 is 2.60 bits per heavy atom. The van der Waals surface area contributed by atoms with Gasteiger partial charge in [0.05, 0.1) is 5.60 Å². The number of hydrogen-bond donors (Lipinski definition) is 1. The number of hydrogen-bond acceptors (Lipinski definition) is 2. The number of piperidine rings is 1. The lowest BCUT2D eigenvalue weighted by atomic mass is 9.95. The van der Waals surface area contributed by atoms with Gasteiger partial charge in [-0.15, -0.1) is 0 Å². The first kappa shape index (κ1) is 13.0. The third-order valence-corrected chi connectivity index (χ3v) is 3.33. The summed E-state index contributed by atoms with van der Waals surface area (Å²) in [7, 11) is 0. The van der Waals surface area contributed by atoms with Gasteiger partial charge in [0.25, 0.3) is 0 Å². The van der Waals surface area contributed by atoms with E-state index in [-0.39, 0.29) is 0 Å². The highest BCUT2D eigenvalue weighted by Crippen LogP contribution is 2.20. The number of β-amino-alcohol motifs (C(OH)–C–C–N with tert-alkyl or cyclic N) is 1. The van der Waals surface area contributed by atoms with Crippen molar-refractivity contribution in [3.63, 3.8) is 0 Å². The lowest BCUT2D eigenvalue weighted by Gasteiger charge is -2.36. The minimum absolute atomic E-state index is 0.429. The van der Waals surface area contributed by atoms with E-state index >= 15 is 0 Å². The molecular weight excluding hydrogens is 186 g/mol. The van der Waals surface area contributed by atoms with E-state index < -0.39 is 5.60 Å². The molecule has 15 heavy (non-hydrogen) atoms. The zero-order valence-corrected chi connectivity index (χ0v) is 10.5. The molecule has 1 fully saturated rings. The SMILES string of the molecule is CCCCCCCN1CCCC(C)(O)C1. The minimum atomic E-state index is -0.429. The third kappa shape index (κ3) is 5.53. The Kier molecular flexibility index (Phi) is 5.62. The van der Waals surface area contributed by atoms with E-state index in [1.54, 1.807) is 0 Å². The van der Waals surface area contributed by atoms with Crippen molar-refractivity contribution in [1.82, 2.24) is 4.90 Å². The highest BCUT2D eigenvalue weighted by atomic mass is 16.3. The van der Waals surface area contributed by atoms with Crippen LogP contribution >= 0.6 is 0 Å².